The monoisotopic (exact) mass is 277 g/mol. The van der Waals surface area contributed by atoms with Crippen LogP contribution in [-0.2, 0) is 4.74 Å². The lowest BCUT2D eigenvalue weighted by Crippen LogP contribution is -2.13. The Kier molecular flexibility index (Phi) is 4.14. The number of aromatic nitrogens is 4. The molecule has 1 heterocycles. The molecule has 7 nitrogen and oxygen atoms in total. The van der Waals surface area contributed by atoms with Crippen molar-refractivity contribution in [3.63, 3.8) is 0 Å². The van der Waals surface area contributed by atoms with Gasteiger partial charge in [0.05, 0.1) is 5.69 Å². The van der Waals surface area contributed by atoms with Crippen LogP contribution in [0.15, 0.2) is 42.1 Å². The fraction of sp³-hybridized carbons (Fsp3) is 0.0909. The van der Waals surface area contributed by atoms with Crippen molar-refractivity contribution in [2.24, 2.45) is 0 Å². The van der Waals surface area contributed by atoms with Gasteiger partial charge in [-0.05, 0) is 28.6 Å². The van der Waals surface area contributed by atoms with Gasteiger partial charge < -0.3 is 4.74 Å². The molecule has 0 atom stereocenters. The molecule has 0 spiro atoms. The SMILES string of the molecule is C=CCOC(=O)Nc1cccc(-n2nnnc2S)c1. The molecule has 0 aliphatic rings. The minimum absolute atomic E-state index is 0.152. The van der Waals surface area contributed by atoms with Gasteiger partial charge in [0.15, 0.2) is 0 Å². The van der Waals surface area contributed by atoms with Crippen molar-refractivity contribution in [1.29, 1.82) is 0 Å². The molecule has 2 aromatic rings. The van der Waals surface area contributed by atoms with Gasteiger partial charge in [-0.3, -0.25) is 5.32 Å². The van der Waals surface area contributed by atoms with Crippen LogP contribution in [0.25, 0.3) is 5.69 Å². The van der Waals surface area contributed by atoms with Gasteiger partial charge in [-0.15, -0.1) is 17.7 Å². The van der Waals surface area contributed by atoms with Crippen LogP contribution in [0, 0.1) is 0 Å². The summed E-state index contributed by atoms with van der Waals surface area (Å²) < 4.78 is 6.25. The molecule has 0 aliphatic heterocycles. The first-order valence-electron chi connectivity index (χ1n) is 5.33. The summed E-state index contributed by atoms with van der Waals surface area (Å²) in [5, 5.41) is 13.9. The summed E-state index contributed by atoms with van der Waals surface area (Å²) in [5.74, 6) is 0. The average Bonchev–Trinajstić information content (AvgIpc) is 2.83. The zero-order valence-corrected chi connectivity index (χ0v) is 10.7. The number of rotatable bonds is 4. The number of amides is 1. The minimum atomic E-state index is -0.556. The van der Waals surface area contributed by atoms with Gasteiger partial charge in [0.25, 0.3) is 0 Å². The van der Waals surface area contributed by atoms with Crippen molar-refractivity contribution in [1.82, 2.24) is 20.2 Å². The number of anilines is 1. The first-order valence-corrected chi connectivity index (χ1v) is 5.78. The smallest absolute Gasteiger partial charge is 0.411 e. The summed E-state index contributed by atoms with van der Waals surface area (Å²) in [7, 11) is 0. The van der Waals surface area contributed by atoms with E-state index in [0.717, 1.165) is 0 Å². The van der Waals surface area contributed by atoms with Crippen molar-refractivity contribution in [3.05, 3.63) is 36.9 Å². The molecule has 0 radical (unpaired) electrons. The number of thiol groups is 1. The molecule has 0 fully saturated rings. The molecule has 1 N–H and O–H groups in total. The highest BCUT2D eigenvalue weighted by Gasteiger charge is 2.07. The average molecular weight is 277 g/mol. The summed E-state index contributed by atoms with van der Waals surface area (Å²) in [4.78, 5) is 11.4. The topological polar surface area (TPSA) is 81.9 Å². The molecule has 1 aromatic carbocycles. The molecule has 0 aliphatic carbocycles. The van der Waals surface area contributed by atoms with E-state index >= 15 is 0 Å². The van der Waals surface area contributed by atoms with Gasteiger partial charge in [0, 0.05) is 5.69 Å². The van der Waals surface area contributed by atoms with Crippen molar-refractivity contribution in [2.45, 2.75) is 5.16 Å². The Balaban J connectivity index is 2.14. The zero-order chi connectivity index (χ0) is 13.7. The second-order valence-electron chi connectivity index (χ2n) is 3.45. The lowest BCUT2D eigenvalue weighted by atomic mass is 10.3. The number of nitrogens with one attached hydrogen (secondary N) is 1. The van der Waals surface area contributed by atoms with E-state index in [1.807, 2.05) is 0 Å². The summed E-state index contributed by atoms with van der Waals surface area (Å²) >= 11 is 4.11. The second-order valence-corrected chi connectivity index (χ2v) is 3.85. The minimum Gasteiger partial charge on any atom is -0.445 e. The Morgan fingerprint density at radius 1 is 1.58 bits per heavy atom. The Morgan fingerprint density at radius 3 is 3.11 bits per heavy atom. The Morgan fingerprint density at radius 2 is 2.42 bits per heavy atom. The van der Waals surface area contributed by atoms with Crippen LogP contribution in [0.5, 0.6) is 0 Å². The molecular weight excluding hydrogens is 266 g/mol. The van der Waals surface area contributed by atoms with Crippen molar-refractivity contribution in [2.75, 3.05) is 11.9 Å². The van der Waals surface area contributed by atoms with Gasteiger partial charge in [0.1, 0.15) is 6.61 Å². The number of nitrogens with zero attached hydrogens (tertiary/aromatic N) is 4. The number of carbonyl (C=O) groups excluding carboxylic acids is 1. The predicted molar refractivity (Wildman–Crippen MR) is 71.6 cm³/mol. The largest absolute Gasteiger partial charge is 0.445 e. The van der Waals surface area contributed by atoms with E-state index < -0.39 is 6.09 Å². The van der Waals surface area contributed by atoms with Crippen LogP contribution in [0.2, 0.25) is 0 Å². The quantitative estimate of drug-likeness (QED) is 0.656. The van der Waals surface area contributed by atoms with Crippen molar-refractivity contribution in [3.8, 4) is 5.69 Å². The number of benzene rings is 1. The third kappa shape index (κ3) is 3.32. The predicted octanol–water partition coefficient (Wildman–Crippen LogP) is 1.69. The maximum absolute atomic E-state index is 11.4. The molecule has 0 saturated carbocycles. The number of tetrazole rings is 1. The second kappa shape index (κ2) is 6.01. The van der Waals surface area contributed by atoms with Crippen LogP contribution >= 0.6 is 12.6 Å². The summed E-state index contributed by atoms with van der Waals surface area (Å²) in [6.07, 6.45) is 0.935. The van der Waals surface area contributed by atoms with E-state index in [1.165, 1.54) is 10.8 Å². The van der Waals surface area contributed by atoms with E-state index in [1.54, 1.807) is 24.3 Å². The Labute approximate surface area is 114 Å². The molecule has 1 aromatic heterocycles. The standard InChI is InChI=1S/C11H11N5O2S/c1-2-6-18-11(17)12-8-4-3-5-9(7-8)16-10(19)13-14-15-16/h2-5,7H,1,6H2,(H,12,17)(H,13,15,19). The molecule has 2 rings (SSSR count). The summed E-state index contributed by atoms with van der Waals surface area (Å²) in [6, 6.07) is 6.97. The van der Waals surface area contributed by atoms with Gasteiger partial charge in [-0.1, -0.05) is 18.7 Å². The van der Waals surface area contributed by atoms with Crippen LogP contribution in [-0.4, -0.2) is 32.9 Å². The summed E-state index contributed by atoms with van der Waals surface area (Å²) in [5.41, 5.74) is 1.24. The van der Waals surface area contributed by atoms with Gasteiger partial charge in [-0.25, -0.2) is 4.79 Å². The first-order chi connectivity index (χ1) is 9.20. The third-order valence-electron chi connectivity index (χ3n) is 2.12. The van der Waals surface area contributed by atoms with Crippen LogP contribution < -0.4 is 5.32 Å². The fourth-order valence-electron chi connectivity index (χ4n) is 1.35. The Hall–Kier alpha value is -2.35. The molecule has 0 bridgehead atoms. The van der Waals surface area contributed by atoms with Gasteiger partial charge in [-0.2, -0.15) is 4.68 Å². The Bertz CT molecular complexity index is 598. The molecule has 0 saturated heterocycles. The number of hydrogen-bond donors (Lipinski definition) is 2. The maximum Gasteiger partial charge on any atom is 0.411 e. The lowest BCUT2D eigenvalue weighted by molar-refractivity contribution is 0.174. The molecule has 1 amide bonds. The van der Waals surface area contributed by atoms with Crippen molar-refractivity contribution >= 4 is 24.4 Å². The van der Waals surface area contributed by atoms with E-state index in [9.17, 15) is 4.79 Å². The van der Waals surface area contributed by atoms with E-state index in [0.29, 0.717) is 16.5 Å². The van der Waals surface area contributed by atoms with Gasteiger partial charge >= 0.3 is 6.09 Å². The molecule has 98 valence electrons. The fourth-order valence-corrected chi connectivity index (χ4v) is 1.55. The third-order valence-corrected chi connectivity index (χ3v) is 2.40. The van der Waals surface area contributed by atoms with Crippen LogP contribution in [0.3, 0.4) is 0 Å². The van der Waals surface area contributed by atoms with Crippen molar-refractivity contribution < 1.29 is 9.53 Å². The number of ether oxygens (including phenoxy) is 1. The highest BCUT2D eigenvalue weighted by Crippen LogP contribution is 2.16. The molecular formula is C11H11N5O2S. The van der Waals surface area contributed by atoms with E-state index in [2.05, 4.69) is 40.0 Å². The molecule has 19 heavy (non-hydrogen) atoms. The molecule has 8 heteroatoms. The number of hydrogen-bond acceptors (Lipinski definition) is 6. The van der Waals surface area contributed by atoms with E-state index in [-0.39, 0.29) is 6.61 Å². The lowest BCUT2D eigenvalue weighted by Gasteiger charge is -2.07. The van der Waals surface area contributed by atoms with E-state index in [4.69, 9.17) is 4.74 Å². The highest BCUT2D eigenvalue weighted by atomic mass is 32.1. The van der Waals surface area contributed by atoms with Gasteiger partial charge in [0.2, 0.25) is 5.16 Å². The molecule has 0 unspecified atom stereocenters. The zero-order valence-electron chi connectivity index (χ0n) is 9.85. The normalized spacial score (nSPS) is 9.95. The number of carbonyl (C=O) groups is 1. The van der Waals surface area contributed by atoms with Crippen LogP contribution in [0.4, 0.5) is 10.5 Å². The highest BCUT2D eigenvalue weighted by molar-refractivity contribution is 7.80. The maximum atomic E-state index is 11.4. The van der Waals surface area contributed by atoms with Crippen LogP contribution in [0.1, 0.15) is 0 Å². The summed E-state index contributed by atoms with van der Waals surface area (Å²) in [6.45, 7) is 3.61. The first kappa shape index (κ1) is 13.1.